The van der Waals surface area contributed by atoms with Crippen molar-refractivity contribution in [3.8, 4) is 0 Å². The summed E-state index contributed by atoms with van der Waals surface area (Å²) in [5.41, 5.74) is 10.9. The van der Waals surface area contributed by atoms with Gasteiger partial charge in [0.2, 0.25) is 0 Å². The normalized spacial score (nSPS) is 10.3. The van der Waals surface area contributed by atoms with Gasteiger partial charge in [-0.1, -0.05) is 12.1 Å². The van der Waals surface area contributed by atoms with E-state index in [-0.39, 0.29) is 0 Å². The van der Waals surface area contributed by atoms with Crippen LogP contribution in [-0.2, 0) is 0 Å². The molecule has 0 amide bonds. The molecule has 0 fully saturated rings. The first kappa shape index (κ1) is 11.5. The maximum atomic E-state index is 6.01. The first-order valence-electron chi connectivity index (χ1n) is 5.63. The number of pyridine rings is 1. The van der Waals surface area contributed by atoms with Crippen LogP contribution in [-0.4, -0.2) is 4.98 Å². The average molecular weight is 227 g/mol. The molecule has 0 aliphatic carbocycles. The molecule has 0 saturated carbocycles. The van der Waals surface area contributed by atoms with E-state index in [9.17, 15) is 0 Å². The molecule has 2 aromatic rings. The van der Waals surface area contributed by atoms with Gasteiger partial charge in [-0.2, -0.15) is 0 Å². The summed E-state index contributed by atoms with van der Waals surface area (Å²) in [6.07, 6.45) is 0. The Morgan fingerprint density at radius 1 is 1.12 bits per heavy atom. The quantitative estimate of drug-likeness (QED) is 0.827. The van der Waals surface area contributed by atoms with Gasteiger partial charge in [0, 0.05) is 11.4 Å². The van der Waals surface area contributed by atoms with Crippen molar-refractivity contribution >= 4 is 17.2 Å². The average Bonchev–Trinajstić information content (AvgIpc) is 2.25. The lowest BCUT2D eigenvalue weighted by atomic mass is 10.2. The number of nitrogen functional groups attached to an aromatic ring is 1. The van der Waals surface area contributed by atoms with Crippen molar-refractivity contribution in [1.82, 2.24) is 4.98 Å². The second-order valence-corrected chi connectivity index (χ2v) is 4.34. The zero-order chi connectivity index (χ0) is 12.4. The van der Waals surface area contributed by atoms with E-state index in [0.717, 1.165) is 22.8 Å². The minimum absolute atomic E-state index is 0.706. The molecular weight excluding hydrogens is 210 g/mol. The van der Waals surface area contributed by atoms with Crippen LogP contribution in [0.2, 0.25) is 0 Å². The standard InChI is InChI=1S/C14H17N3/c1-9-5-4-6-12(7-9)17-14-13(15)10(2)8-11(3)16-14/h4-8H,15H2,1-3H3,(H,16,17). The summed E-state index contributed by atoms with van der Waals surface area (Å²) in [7, 11) is 0. The van der Waals surface area contributed by atoms with Crippen molar-refractivity contribution in [2.45, 2.75) is 20.8 Å². The Kier molecular flexibility index (Phi) is 3.00. The Morgan fingerprint density at radius 3 is 2.59 bits per heavy atom. The molecule has 17 heavy (non-hydrogen) atoms. The minimum atomic E-state index is 0.706. The zero-order valence-corrected chi connectivity index (χ0v) is 10.4. The summed E-state index contributed by atoms with van der Waals surface area (Å²) in [6.45, 7) is 6.02. The highest BCUT2D eigenvalue weighted by atomic mass is 15.0. The molecule has 0 unspecified atom stereocenters. The van der Waals surface area contributed by atoms with Gasteiger partial charge in [0.1, 0.15) is 0 Å². The third-order valence-corrected chi connectivity index (χ3v) is 2.67. The van der Waals surface area contributed by atoms with Gasteiger partial charge >= 0.3 is 0 Å². The molecule has 0 radical (unpaired) electrons. The number of rotatable bonds is 2. The van der Waals surface area contributed by atoms with Crippen LogP contribution < -0.4 is 11.1 Å². The predicted octanol–water partition coefficient (Wildman–Crippen LogP) is 3.33. The van der Waals surface area contributed by atoms with Crippen molar-refractivity contribution < 1.29 is 0 Å². The van der Waals surface area contributed by atoms with E-state index in [4.69, 9.17) is 5.73 Å². The number of benzene rings is 1. The molecule has 3 heteroatoms. The van der Waals surface area contributed by atoms with Crippen LogP contribution in [0.4, 0.5) is 17.2 Å². The summed E-state index contributed by atoms with van der Waals surface area (Å²) in [5.74, 6) is 0.730. The van der Waals surface area contributed by atoms with Gasteiger partial charge in [0.05, 0.1) is 5.69 Å². The Bertz CT molecular complexity index is 547. The molecule has 0 aliphatic rings. The number of aromatic nitrogens is 1. The molecule has 88 valence electrons. The van der Waals surface area contributed by atoms with Gasteiger partial charge in [0.25, 0.3) is 0 Å². The third kappa shape index (κ3) is 2.56. The monoisotopic (exact) mass is 227 g/mol. The minimum Gasteiger partial charge on any atom is -0.396 e. The Morgan fingerprint density at radius 2 is 1.88 bits per heavy atom. The Labute approximate surface area is 102 Å². The highest BCUT2D eigenvalue weighted by Crippen LogP contribution is 2.24. The number of nitrogens with one attached hydrogen (secondary N) is 1. The van der Waals surface area contributed by atoms with Crippen LogP contribution in [0.3, 0.4) is 0 Å². The van der Waals surface area contributed by atoms with Gasteiger partial charge in [-0.25, -0.2) is 4.98 Å². The summed E-state index contributed by atoms with van der Waals surface area (Å²) < 4.78 is 0. The largest absolute Gasteiger partial charge is 0.396 e. The molecule has 3 N–H and O–H groups in total. The van der Waals surface area contributed by atoms with Crippen LogP contribution in [0.5, 0.6) is 0 Å². The maximum Gasteiger partial charge on any atom is 0.154 e. The summed E-state index contributed by atoms with van der Waals surface area (Å²) in [4.78, 5) is 4.42. The lowest BCUT2D eigenvalue weighted by Gasteiger charge is -2.11. The van der Waals surface area contributed by atoms with E-state index in [1.54, 1.807) is 0 Å². The molecule has 0 spiro atoms. The molecule has 0 atom stereocenters. The van der Waals surface area contributed by atoms with Crippen molar-refractivity contribution in [1.29, 1.82) is 0 Å². The topological polar surface area (TPSA) is 50.9 Å². The van der Waals surface area contributed by atoms with E-state index in [2.05, 4.69) is 29.4 Å². The highest BCUT2D eigenvalue weighted by Gasteiger charge is 2.05. The Balaban J connectivity index is 2.36. The fraction of sp³-hybridized carbons (Fsp3) is 0.214. The summed E-state index contributed by atoms with van der Waals surface area (Å²) >= 11 is 0. The molecule has 1 heterocycles. The molecule has 1 aromatic heterocycles. The van der Waals surface area contributed by atoms with Gasteiger partial charge in [-0.15, -0.1) is 0 Å². The van der Waals surface area contributed by atoms with Gasteiger partial charge in [-0.05, 0) is 50.1 Å². The van der Waals surface area contributed by atoms with Crippen molar-refractivity contribution in [3.05, 3.63) is 47.2 Å². The smallest absolute Gasteiger partial charge is 0.154 e. The number of hydrogen-bond acceptors (Lipinski definition) is 3. The molecule has 0 bridgehead atoms. The van der Waals surface area contributed by atoms with E-state index in [0.29, 0.717) is 5.69 Å². The molecule has 2 rings (SSSR count). The Hall–Kier alpha value is -2.03. The number of nitrogens with two attached hydrogens (primary N) is 1. The summed E-state index contributed by atoms with van der Waals surface area (Å²) in [5, 5.41) is 3.26. The number of nitrogens with zero attached hydrogens (tertiary/aromatic N) is 1. The first-order chi connectivity index (χ1) is 8.06. The van der Waals surface area contributed by atoms with Crippen LogP contribution in [0.15, 0.2) is 30.3 Å². The number of anilines is 3. The fourth-order valence-electron chi connectivity index (χ4n) is 1.80. The van der Waals surface area contributed by atoms with Crippen LogP contribution in [0.1, 0.15) is 16.8 Å². The number of hydrogen-bond donors (Lipinski definition) is 2. The lowest BCUT2D eigenvalue weighted by molar-refractivity contribution is 1.18. The van der Waals surface area contributed by atoms with Crippen molar-refractivity contribution in [2.75, 3.05) is 11.1 Å². The SMILES string of the molecule is Cc1cccc(Nc2nc(C)cc(C)c2N)c1. The fourth-order valence-corrected chi connectivity index (χ4v) is 1.80. The summed E-state index contributed by atoms with van der Waals surface area (Å²) in [6, 6.07) is 10.1. The molecule has 1 aromatic carbocycles. The molecular formula is C14H17N3. The van der Waals surface area contributed by atoms with Gasteiger partial charge in [-0.3, -0.25) is 0 Å². The maximum absolute atomic E-state index is 6.01. The molecule has 0 aliphatic heterocycles. The van der Waals surface area contributed by atoms with Crippen molar-refractivity contribution in [3.63, 3.8) is 0 Å². The van der Waals surface area contributed by atoms with Crippen LogP contribution in [0, 0.1) is 20.8 Å². The van der Waals surface area contributed by atoms with E-state index < -0.39 is 0 Å². The molecule has 0 saturated heterocycles. The zero-order valence-electron chi connectivity index (χ0n) is 10.4. The predicted molar refractivity (Wildman–Crippen MR) is 72.6 cm³/mol. The van der Waals surface area contributed by atoms with Crippen LogP contribution >= 0.6 is 0 Å². The van der Waals surface area contributed by atoms with E-state index >= 15 is 0 Å². The highest BCUT2D eigenvalue weighted by molar-refractivity contribution is 5.71. The van der Waals surface area contributed by atoms with Crippen LogP contribution in [0.25, 0.3) is 0 Å². The second-order valence-electron chi connectivity index (χ2n) is 4.34. The van der Waals surface area contributed by atoms with Gasteiger partial charge < -0.3 is 11.1 Å². The van der Waals surface area contributed by atoms with E-state index in [1.807, 2.05) is 32.0 Å². The lowest BCUT2D eigenvalue weighted by Crippen LogP contribution is -2.02. The first-order valence-corrected chi connectivity index (χ1v) is 5.63. The molecule has 3 nitrogen and oxygen atoms in total. The van der Waals surface area contributed by atoms with E-state index in [1.165, 1.54) is 5.56 Å². The van der Waals surface area contributed by atoms with Crippen molar-refractivity contribution in [2.24, 2.45) is 0 Å². The second kappa shape index (κ2) is 4.45. The third-order valence-electron chi connectivity index (χ3n) is 2.67. The number of aryl methyl sites for hydroxylation is 3. The van der Waals surface area contributed by atoms with Gasteiger partial charge in [0.15, 0.2) is 5.82 Å².